The number of sulfone groups is 1. The van der Waals surface area contributed by atoms with Gasteiger partial charge < -0.3 is 0 Å². The second-order valence-electron chi connectivity index (χ2n) is 3.80. The van der Waals surface area contributed by atoms with E-state index in [0.29, 0.717) is 12.3 Å². The maximum atomic E-state index is 12.6. The lowest BCUT2D eigenvalue weighted by Crippen LogP contribution is -2.24. The predicted molar refractivity (Wildman–Crippen MR) is 70.3 cm³/mol. The molecule has 108 valence electrons. The molecule has 0 saturated carbocycles. The Morgan fingerprint density at radius 1 is 1.32 bits per heavy atom. The Hall–Kier alpha value is -0.400. The van der Waals surface area contributed by atoms with E-state index < -0.39 is 20.2 Å². The van der Waals surface area contributed by atoms with Gasteiger partial charge in [0.05, 0.1) is 4.90 Å². The topological polar surface area (TPSA) is 34.1 Å². The first-order valence-corrected chi connectivity index (χ1v) is 8.23. The van der Waals surface area contributed by atoms with Crippen molar-refractivity contribution >= 4 is 33.2 Å². The van der Waals surface area contributed by atoms with Gasteiger partial charge in [-0.2, -0.15) is 13.2 Å². The molecule has 0 heterocycles. The first-order chi connectivity index (χ1) is 8.70. The van der Waals surface area contributed by atoms with Crippen LogP contribution in [-0.2, 0) is 9.84 Å². The second-order valence-corrected chi connectivity index (χ2v) is 7.57. The minimum Gasteiger partial charge on any atom is -0.214 e. The molecule has 0 amide bonds. The first-order valence-electron chi connectivity index (χ1n) is 5.33. The van der Waals surface area contributed by atoms with Crippen LogP contribution in [0.15, 0.2) is 34.1 Å². The standard InChI is InChI=1S/C11H12ClF3O2S2/c1-8(6-7-12)18-9-4-2-3-5-10(9)19(16,17)11(13,14)15/h2-5,8H,6-7H2,1H3. The molecule has 0 saturated heterocycles. The summed E-state index contributed by atoms with van der Waals surface area (Å²) >= 11 is 6.63. The number of benzene rings is 1. The average molecular weight is 333 g/mol. The number of alkyl halides is 4. The molecule has 1 atom stereocenters. The van der Waals surface area contributed by atoms with Crippen LogP contribution in [0.2, 0.25) is 0 Å². The van der Waals surface area contributed by atoms with Crippen molar-refractivity contribution in [1.29, 1.82) is 0 Å². The van der Waals surface area contributed by atoms with Gasteiger partial charge in [0.1, 0.15) is 0 Å². The highest BCUT2D eigenvalue weighted by atomic mass is 35.5. The highest BCUT2D eigenvalue weighted by Gasteiger charge is 2.47. The molecular weight excluding hydrogens is 321 g/mol. The molecule has 1 unspecified atom stereocenters. The second kappa shape index (κ2) is 6.37. The number of rotatable bonds is 5. The number of halogens is 4. The third-order valence-corrected chi connectivity index (χ3v) is 5.43. The highest BCUT2D eigenvalue weighted by molar-refractivity contribution is 8.01. The van der Waals surface area contributed by atoms with Crippen LogP contribution < -0.4 is 0 Å². The van der Waals surface area contributed by atoms with Crippen LogP contribution in [0.5, 0.6) is 0 Å². The summed E-state index contributed by atoms with van der Waals surface area (Å²) in [7, 11) is -5.32. The Kier molecular flexibility index (Phi) is 5.58. The van der Waals surface area contributed by atoms with E-state index in [9.17, 15) is 21.6 Å². The summed E-state index contributed by atoms with van der Waals surface area (Å²) in [5.74, 6) is 0.363. The van der Waals surface area contributed by atoms with Gasteiger partial charge in [-0.15, -0.1) is 23.4 Å². The van der Waals surface area contributed by atoms with Crippen LogP contribution in [0.1, 0.15) is 13.3 Å². The molecule has 0 spiro atoms. The summed E-state index contributed by atoms with van der Waals surface area (Å²) in [6.45, 7) is 1.78. The van der Waals surface area contributed by atoms with Crippen LogP contribution in [-0.4, -0.2) is 25.1 Å². The van der Waals surface area contributed by atoms with Gasteiger partial charge in [0.15, 0.2) is 0 Å². The fraction of sp³-hybridized carbons (Fsp3) is 0.455. The number of thioether (sulfide) groups is 1. The zero-order valence-electron chi connectivity index (χ0n) is 9.95. The summed E-state index contributed by atoms with van der Waals surface area (Å²) in [4.78, 5) is -0.605. The summed E-state index contributed by atoms with van der Waals surface area (Å²) in [5.41, 5.74) is -5.29. The fourth-order valence-electron chi connectivity index (χ4n) is 1.32. The fourth-order valence-corrected chi connectivity index (χ4v) is 4.10. The third kappa shape index (κ3) is 4.03. The molecule has 8 heteroatoms. The Morgan fingerprint density at radius 3 is 2.42 bits per heavy atom. The van der Waals surface area contributed by atoms with Crippen LogP contribution in [0.25, 0.3) is 0 Å². The monoisotopic (exact) mass is 332 g/mol. The summed E-state index contributed by atoms with van der Waals surface area (Å²) < 4.78 is 60.6. The molecule has 0 aliphatic carbocycles. The van der Waals surface area contributed by atoms with E-state index in [2.05, 4.69) is 0 Å². The largest absolute Gasteiger partial charge is 0.501 e. The van der Waals surface area contributed by atoms with Gasteiger partial charge in [0.2, 0.25) is 0 Å². The van der Waals surface area contributed by atoms with Crippen molar-refractivity contribution in [1.82, 2.24) is 0 Å². The molecule has 1 aromatic carbocycles. The van der Waals surface area contributed by atoms with E-state index >= 15 is 0 Å². The lowest BCUT2D eigenvalue weighted by molar-refractivity contribution is -0.0437. The minimum absolute atomic E-state index is 0.0675. The molecule has 1 rings (SSSR count). The molecule has 1 aromatic rings. The Labute approximate surface area is 119 Å². The molecule has 0 N–H and O–H groups in total. The van der Waals surface area contributed by atoms with Gasteiger partial charge in [-0.05, 0) is 18.6 Å². The molecule has 19 heavy (non-hydrogen) atoms. The van der Waals surface area contributed by atoms with E-state index in [0.717, 1.165) is 17.8 Å². The van der Waals surface area contributed by atoms with Crippen molar-refractivity contribution in [3.8, 4) is 0 Å². The zero-order chi connectivity index (χ0) is 14.7. The van der Waals surface area contributed by atoms with Gasteiger partial charge in [-0.25, -0.2) is 8.42 Å². The van der Waals surface area contributed by atoms with Gasteiger partial charge >= 0.3 is 5.51 Å². The Morgan fingerprint density at radius 2 is 1.89 bits per heavy atom. The lowest BCUT2D eigenvalue weighted by Gasteiger charge is -2.15. The molecule has 0 aliphatic rings. The molecule has 0 radical (unpaired) electrons. The molecule has 0 aromatic heterocycles. The molecule has 2 nitrogen and oxygen atoms in total. The van der Waals surface area contributed by atoms with Gasteiger partial charge in [-0.1, -0.05) is 19.1 Å². The Balaban J connectivity index is 3.17. The molecular formula is C11H12ClF3O2S2. The van der Waals surface area contributed by atoms with Crippen molar-refractivity contribution in [2.24, 2.45) is 0 Å². The third-order valence-electron chi connectivity index (χ3n) is 2.29. The quantitative estimate of drug-likeness (QED) is 0.601. The van der Waals surface area contributed by atoms with Crippen LogP contribution in [0, 0.1) is 0 Å². The van der Waals surface area contributed by atoms with Crippen LogP contribution >= 0.6 is 23.4 Å². The smallest absolute Gasteiger partial charge is 0.214 e. The van der Waals surface area contributed by atoms with Crippen LogP contribution in [0.4, 0.5) is 13.2 Å². The maximum absolute atomic E-state index is 12.6. The van der Waals surface area contributed by atoms with Crippen molar-refractivity contribution in [3.63, 3.8) is 0 Å². The van der Waals surface area contributed by atoms with Gasteiger partial charge in [0.25, 0.3) is 9.84 Å². The molecule has 0 fully saturated rings. The normalized spacial score (nSPS) is 14.4. The van der Waals surface area contributed by atoms with Crippen molar-refractivity contribution < 1.29 is 21.6 Å². The number of hydrogen-bond acceptors (Lipinski definition) is 3. The average Bonchev–Trinajstić information content (AvgIpc) is 2.28. The van der Waals surface area contributed by atoms with E-state index in [1.165, 1.54) is 18.2 Å². The van der Waals surface area contributed by atoms with Crippen molar-refractivity contribution in [2.75, 3.05) is 5.88 Å². The minimum atomic E-state index is -5.32. The molecule has 0 aliphatic heterocycles. The zero-order valence-corrected chi connectivity index (χ0v) is 12.3. The summed E-state index contributed by atoms with van der Waals surface area (Å²) in [6, 6.07) is 5.12. The lowest BCUT2D eigenvalue weighted by atomic mass is 10.4. The maximum Gasteiger partial charge on any atom is 0.501 e. The SMILES string of the molecule is CC(CCCl)Sc1ccccc1S(=O)(=O)C(F)(F)F. The van der Waals surface area contributed by atoms with Gasteiger partial charge in [0, 0.05) is 16.0 Å². The summed E-state index contributed by atoms with van der Waals surface area (Å²) in [6.07, 6.45) is 0.576. The predicted octanol–water partition coefficient (Wildman–Crippen LogP) is 4.09. The molecule has 0 bridgehead atoms. The van der Waals surface area contributed by atoms with E-state index in [1.807, 2.05) is 0 Å². The van der Waals surface area contributed by atoms with E-state index in [4.69, 9.17) is 11.6 Å². The Bertz CT molecular complexity index is 529. The van der Waals surface area contributed by atoms with E-state index in [-0.39, 0.29) is 10.1 Å². The summed E-state index contributed by atoms with van der Waals surface area (Å²) in [5, 5.41) is -0.0675. The van der Waals surface area contributed by atoms with Crippen LogP contribution in [0.3, 0.4) is 0 Å². The number of hydrogen-bond donors (Lipinski definition) is 0. The first kappa shape index (κ1) is 16.7. The highest BCUT2D eigenvalue weighted by Crippen LogP contribution is 2.37. The van der Waals surface area contributed by atoms with Crippen molar-refractivity contribution in [2.45, 2.75) is 33.9 Å². The van der Waals surface area contributed by atoms with Gasteiger partial charge in [-0.3, -0.25) is 0 Å². The van der Waals surface area contributed by atoms with E-state index in [1.54, 1.807) is 6.92 Å². The van der Waals surface area contributed by atoms with Crippen molar-refractivity contribution in [3.05, 3.63) is 24.3 Å².